The quantitative estimate of drug-likeness (QED) is 0.522. The average Bonchev–Trinajstić information content (AvgIpc) is 3.55. The monoisotopic (exact) mass is 537 g/mol. The van der Waals surface area contributed by atoms with Gasteiger partial charge in [-0.2, -0.15) is 0 Å². The highest BCUT2D eigenvalue weighted by atomic mass is 32.2. The van der Waals surface area contributed by atoms with Crippen LogP contribution in [0.2, 0.25) is 0 Å². The van der Waals surface area contributed by atoms with E-state index in [-0.39, 0.29) is 35.4 Å². The first-order valence-electron chi connectivity index (χ1n) is 12.9. The van der Waals surface area contributed by atoms with Gasteiger partial charge in [-0.3, -0.25) is 19.4 Å². The molecule has 1 fully saturated rings. The number of para-hydroxylation sites is 1. The number of hydrogen-bond acceptors (Lipinski definition) is 7. The third kappa shape index (κ3) is 5.80. The number of hydrogen-bond donors (Lipinski definition) is 2. The van der Waals surface area contributed by atoms with Gasteiger partial charge in [0, 0.05) is 16.5 Å². The highest BCUT2D eigenvalue weighted by Crippen LogP contribution is 2.35. The number of carbonyl (C=O) groups excluding carboxylic acids is 3. The highest BCUT2D eigenvalue weighted by Gasteiger charge is 2.43. The number of amides is 3. The number of thiophene rings is 1. The van der Waals surface area contributed by atoms with Gasteiger partial charge in [0.1, 0.15) is 11.9 Å². The Labute approximate surface area is 225 Å². The van der Waals surface area contributed by atoms with E-state index in [1.165, 1.54) is 23.1 Å². The Morgan fingerprint density at radius 3 is 2.73 bits per heavy atom. The molecule has 8 nitrogen and oxygen atoms in total. The number of nitrogens with one attached hydrogen (secondary N) is 2. The molecule has 3 aliphatic rings. The fraction of sp³-hybridized carbons (Fsp3) is 0.444. The summed E-state index contributed by atoms with van der Waals surface area (Å²) < 4.78 is 0. The molecule has 0 bridgehead atoms. The summed E-state index contributed by atoms with van der Waals surface area (Å²) in [6.45, 7) is 2.40. The molecule has 1 aliphatic carbocycles. The predicted molar refractivity (Wildman–Crippen MR) is 148 cm³/mol. The van der Waals surface area contributed by atoms with E-state index in [2.05, 4.69) is 15.6 Å². The van der Waals surface area contributed by atoms with Crippen LogP contribution in [-0.4, -0.2) is 51.0 Å². The van der Waals surface area contributed by atoms with Crippen LogP contribution in [0.4, 0.5) is 5.69 Å². The molecule has 1 saturated carbocycles. The third-order valence-electron chi connectivity index (χ3n) is 6.83. The zero-order valence-electron chi connectivity index (χ0n) is 20.8. The number of amidine groups is 2. The minimum Gasteiger partial charge on any atom is -0.352 e. The molecule has 0 radical (unpaired) electrons. The third-order valence-corrected chi connectivity index (χ3v) is 9.02. The molecule has 2 N–H and O–H groups in total. The van der Waals surface area contributed by atoms with E-state index in [0.717, 1.165) is 36.1 Å². The Balaban J connectivity index is 1.32. The molecule has 2 aliphatic heterocycles. The van der Waals surface area contributed by atoms with Crippen molar-refractivity contribution in [2.75, 3.05) is 0 Å². The molecule has 5 rings (SSSR count). The lowest BCUT2D eigenvalue weighted by Crippen LogP contribution is -2.45. The van der Waals surface area contributed by atoms with Crippen molar-refractivity contribution in [2.24, 2.45) is 9.98 Å². The van der Waals surface area contributed by atoms with Gasteiger partial charge in [0.15, 0.2) is 5.17 Å². The van der Waals surface area contributed by atoms with Gasteiger partial charge >= 0.3 is 0 Å². The molecule has 194 valence electrons. The van der Waals surface area contributed by atoms with E-state index in [0.29, 0.717) is 29.7 Å². The van der Waals surface area contributed by atoms with Gasteiger partial charge in [0.05, 0.1) is 23.9 Å². The van der Waals surface area contributed by atoms with Crippen molar-refractivity contribution in [3.63, 3.8) is 0 Å². The van der Waals surface area contributed by atoms with Crippen LogP contribution in [0.25, 0.3) is 0 Å². The Morgan fingerprint density at radius 2 is 1.97 bits per heavy atom. The van der Waals surface area contributed by atoms with Crippen molar-refractivity contribution in [2.45, 2.75) is 75.7 Å². The van der Waals surface area contributed by atoms with Gasteiger partial charge in [-0.15, -0.1) is 11.3 Å². The zero-order chi connectivity index (χ0) is 25.8. The molecule has 3 heterocycles. The Hall–Kier alpha value is -2.98. The van der Waals surface area contributed by atoms with Gasteiger partial charge in [-0.25, -0.2) is 9.89 Å². The second-order valence-electron chi connectivity index (χ2n) is 9.47. The van der Waals surface area contributed by atoms with Crippen LogP contribution in [0.5, 0.6) is 0 Å². The fourth-order valence-corrected chi connectivity index (χ4v) is 6.52. The first-order valence-corrected chi connectivity index (χ1v) is 14.7. The molecule has 2 atom stereocenters. The van der Waals surface area contributed by atoms with Crippen LogP contribution in [0.15, 0.2) is 51.8 Å². The van der Waals surface area contributed by atoms with Gasteiger partial charge < -0.3 is 10.6 Å². The summed E-state index contributed by atoms with van der Waals surface area (Å²) >= 11 is 2.87. The summed E-state index contributed by atoms with van der Waals surface area (Å²) in [6.07, 6.45) is 6.10. The average molecular weight is 538 g/mol. The maximum atomic E-state index is 13.5. The second-order valence-corrected chi connectivity index (χ2v) is 11.7. The molecule has 37 heavy (non-hydrogen) atoms. The van der Waals surface area contributed by atoms with E-state index in [4.69, 9.17) is 4.99 Å². The van der Waals surface area contributed by atoms with Crippen molar-refractivity contribution in [1.29, 1.82) is 0 Å². The molecule has 2 aromatic rings. The van der Waals surface area contributed by atoms with Crippen molar-refractivity contribution in [3.05, 3.63) is 52.2 Å². The second kappa shape index (κ2) is 11.6. The van der Waals surface area contributed by atoms with Crippen LogP contribution in [0, 0.1) is 0 Å². The van der Waals surface area contributed by atoms with Crippen LogP contribution in [-0.2, 0) is 20.9 Å². The van der Waals surface area contributed by atoms with Gasteiger partial charge in [-0.1, -0.05) is 56.1 Å². The topological polar surface area (TPSA) is 103 Å². The Bertz CT molecular complexity index is 1220. The largest absolute Gasteiger partial charge is 0.352 e. The lowest BCUT2D eigenvalue weighted by molar-refractivity contribution is -0.128. The number of thioether (sulfide) groups is 1. The van der Waals surface area contributed by atoms with Gasteiger partial charge in [0.25, 0.3) is 5.91 Å². The predicted octanol–water partition coefficient (Wildman–Crippen LogP) is 4.37. The van der Waals surface area contributed by atoms with Crippen molar-refractivity contribution in [3.8, 4) is 0 Å². The summed E-state index contributed by atoms with van der Waals surface area (Å²) in [6, 6.07) is 10.8. The van der Waals surface area contributed by atoms with Crippen LogP contribution < -0.4 is 10.6 Å². The molecular formula is C27H31N5O3S2. The maximum absolute atomic E-state index is 13.5. The lowest BCUT2D eigenvalue weighted by Gasteiger charge is -2.29. The number of aliphatic imine (C=N–C) groups is 2. The number of fused-ring (bicyclic) bond motifs is 3. The Morgan fingerprint density at radius 1 is 1.16 bits per heavy atom. The highest BCUT2D eigenvalue weighted by molar-refractivity contribution is 8.15. The molecular weight excluding hydrogens is 506 g/mol. The number of carbonyl (C=O) groups is 3. The van der Waals surface area contributed by atoms with Crippen molar-refractivity contribution in [1.82, 2.24) is 15.5 Å². The van der Waals surface area contributed by atoms with Gasteiger partial charge in [0.2, 0.25) is 11.8 Å². The van der Waals surface area contributed by atoms with Crippen molar-refractivity contribution < 1.29 is 14.4 Å². The number of rotatable bonds is 8. The molecule has 1 aromatic heterocycles. The molecule has 1 aromatic carbocycles. The molecule has 0 saturated heterocycles. The first-order chi connectivity index (χ1) is 18.0. The minimum absolute atomic E-state index is 0.0180. The Kier molecular flexibility index (Phi) is 8.05. The van der Waals surface area contributed by atoms with Crippen LogP contribution >= 0.6 is 23.1 Å². The summed E-state index contributed by atoms with van der Waals surface area (Å²) in [5.41, 5.74) is 1.46. The minimum atomic E-state index is -0.827. The zero-order valence-corrected chi connectivity index (χ0v) is 22.4. The summed E-state index contributed by atoms with van der Waals surface area (Å²) in [5, 5.41) is 8.11. The van der Waals surface area contributed by atoms with E-state index in [1.807, 2.05) is 48.7 Å². The first kappa shape index (κ1) is 25.7. The smallest absolute Gasteiger partial charge is 0.259 e. The summed E-state index contributed by atoms with van der Waals surface area (Å²) in [5.74, 6) is -0.0365. The number of nitrogens with zero attached hydrogens (tertiary/aromatic N) is 3. The lowest BCUT2D eigenvalue weighted by atomic mass is 9.95. The molecule has 10 heteroatoms. The van der Waals surface area contributed by atoms with Crippen molar-refractivity contribution >= 4 is 57.5 Å². The summed E-state index contributed by atoms with van der Waals surface area (Å²) in [7, 11) is 0. The maximum Gasteiger partial charge on any atom is 0.259 e. The van der Waals surface area contributed by atoms with E-state index < -0.39 is 6.04 Å². The van der Waals surface area contributed by atoms with Crippen LogP contribution in [0.3, 0.4) is 0 Å². The van der Waals surface area contributed by atoms with Crippen LogP contribution in [0.1, 0.15) is 62.3 Å². The van der Waals surface area contributed by atoms with Gasteiger partial charge in [-0.05, 0) is 42.8 Å². The normalized spacial score (nSPS) is 20.0. The fourth-order valence-electron chi connectivity index (χ4n) is 4.85. The van der Waals surface area contributed by atoms with E-state index in [1.54, 1.807) is 11.3 Å². The number of benzene rings is 1. The van der Waals surface area contributed by atoms with E-state index in [9.17, 15) is 14.4 Å². The summed E-state index contributed by atoms with van der Waals surface area (Å²) in [4.78, 5) is 51.3. The standard InChI is InChI=1S/C27H31N5O3S2/c1-2-22(25(34)29-17-9-4-3-5-10-17)37-27-31-20-13-7-6-12-19(20)24-30-21(26(35)32(24)27)15-23(33)28-16-18-11-8-14-36-18/h6-8,11-14,17,21-22H,2-5,9-10,15-16H2,1H3,(H,28,33)(H,29,34)/t21-,22+/m0/s1. The molecule has 0 unspecified atom stereocenters. The van der Waals surface area contributed by atoms with E-state index >= 15 is 0 Å². The molecule has 3 amide bonds. The SMILES string of the molecule is CC[C@@H](SC1=Nc2ccccc2C2=N[C@@H](CC(=O)NCc3cccs3)C(=O)N12)C(=O)NC1CCCCC1. The molecule has 0 spiro atoms.